The predicted molar refractivity (Wildman–Crippen MR) is 117 cm³/mol. The van der Waals surface area contributed by atoms with E-state index in [1.807, 2.05) is 0 Å². The average Bonchev–Trinajstić information content (AvgIpc) is 2.71. The third-order valence-corrected chi connectivity index (χ3v) is 6.99. The summed E-state index contributed by atoms with van der Waals surface area (Å²) in [4.78, 5) is 22.6. The Balaban J connectivity index is 2.57. The summed E-state index contributed by atoms with van der Waals surface area (Å²) < 4.78 is 46.5. The van der Waals surface area contributed by atoms with E-state index in [1.165, 1.54) is 18.2 Å². The van der Waals surface area contributed by atoms with Crippen molar-refractivity contribution in [3.8, 4) is 0 Å². The lowest BCUT2D eigenvalue weighted by Gasteiger charge is -2.33. The zero-order chi connectivity index (χ0) is 24.1. The van der Waals surface area contributed by atoms with Crippen LogP contribution in [0.25, 0.3) is 0 Å². The summed E-state index contributed by atoms with van der Waals surface area (Å²) in [6.07, 6.45) is -0.221. The number of nitro groups is 1. The van der Waals surface area contributed by atoms with E-state index in [1.54, 1.807) is 20.8 Å². The van der Waals surface area contributed by atoms with E-state index in [4.69, 9.17) is 16.3 Å². The van der Waals surface area contributed by atoms with E-state index in [0.717, 1.165) is 28.6 Å². The van der Waals surface area contributed by atoms with Crippen LogP contribution in [0.5, 0.6) is 0 Å². The molecule has 0 fully saturated rings. The Bertz CT molecular complexity index is 1080. The molecule has 0 unspecified atom stereocenters. The van der Waals surface area contributed by atoms with Crippen molar-refractivity contribution in [1.82, 2.24) is 4.31 Å². The smallest absolute Gasteiger partial charge is 0.307 e. The van der Waals surface area contributed by atoms with E-state index in [9.17, 15) is 27.7 Å². The maximum Gasteiger partial charge on any atom is 0.307 e. The van der Waals surface area contributed by atoms with E-state index in [0.29, 0.717) is 5.56 Å². The van der Waals surface area contributed by atoms with E-state index in [2.05, 4.69) is 0 Å². The molecule has 0 heterocycles. The third kappa shape index (κ3) is 6.24. The Morgan fingerprint density at radius 3 is 2.38 bits per heavy atom. The molecule has 2 aromatic rings. The molecule has 0 aliphatic carbocycles. The number of halogens is 2. The minimum Gasteiger partial charge on any atom is -0.466 e. The van der Waals surface area contributed by atoms with Gasteiger partial charge in [0.15, 0.2) is 0 Å². The van der Waals surface area contributed by atoms with Crippen LogP contribution < -0.4 is 0 Å². The normalized spacial score (nSPS) is 12.7. The second kappa shape index (κ2) is 10.8. The van der Waals surface area contributed by atoms with E-state index >= 15 is 0 Å². The molecule has 2 rings (SSSR count). The first-order valence-electron chi connectivity index (χ1n) is 9.83. The van der Waals surface area contributed by atoms with Crippen LogP contribution in [-0.2, 0) is 26.1 Å². The predicted octanol–water partition coefficient (Wildman–Crippen LogP) is 4.56. The molecule has 0 aliphatic rings. The summed E-state index contributed by atoms with van der Waals surface area (Å²) in [5.74, 6) is -1.49. The van der Waals surface area contributed by atoms with Gasteiger partial charge < -0.3 is 4.74 Å². The lowest BCUT2D eigenvalue weighted by molar-refractivity contribution is -0.384. The Morgan fingerprint density at radius 2 is 1.84 bits per heavy atom. The molecule has 0 radical (unpaired) electrons. The highest BCUT2D eigenvalue weighted by molar-refractivity contribution is 7.89. The van der Waals surface area contributed by atoms with Crippen molar-refractivity contribution in [2.75, 3.05) is 6.61 Å². The zero-order valence-corrected chi connectivity index (χ0v) is 19.4. The fourth-order valence-corrected chi connectivity index (χ4v) is 5.09. The van der Waals surface area contributed by atoms with Gasteiger partial charge in [-0.15, -0.1) is 0 Å². The molecule has 0 amide bonds. The summed E-state index contributed by atoms with van der Waals surface area (Å²) >= 11 is 5.87. The van der Waals surface area contributed by atoms with Crippen LogP contribution in [0.2, 0.25) is 5.02 Å². The summed E-state index contributed by atoms with van der Waals surface area (Å²) in [6.45, 7) is 5.02. The summed E-state index contributed by atoms with van der Waals surface area (Å²) in [6, 6.07) is 7.46. The summed E-state index contributed by atoms with van der Waals surface area (Å²) in [7, 11) is -4.21. The second-order valence-electron chi connectivity index (χ2n) is 7.37. The van der Waals surface area contributed by atoms with Gasteiger partial charge in [-0.05, 0) is 48.7 Å². The molecule has 0 saturated heterocycles. The van der Waals surface area contributed by atoms with Gasteiger partial charge in [-0.25, -0.2) is 12.8 Å². The van der Waals surface area contributed by atoms with Gasteiger partial charge in [0.2, 0.25) is 10.0 Å². The van der Waals surface area contributed by atoms with Gasteiger partial charge in [-0.2, -0.15) is 4.31 Å². The molecule has 0 N–H and O–H groups in total. The molecule has 174 valence electrons. The van der Waals surface area contributed by atoms with Crippen LogP contribution in [0.4, 0.5) is 10.1 Å². The number of carbonyl (C=O) groups excluding carboxylic acids is 1. The number of nitrogens with zero attached hydrogens (tertiary/aromatic N) is 2. The van der Waals surface area contributed by atoms with Crippen LogP contribution in [-0.4, -0.2) is 36.3 Å². The number of carbonyl (C=O) groups is 1. The Kier molecular flexibility index (Phi) is 8.71. The maximum absolute atomic E-state index is 13.5. The number of esters is 1. The highest BCUT2D eigenvalue weighted by atomic mass is 35.5. The number of hydrogen-bond acceptors (Lipinski definition) is 6. The number of rotatable bonds is 10. The average molecular weight is 487 g/mol. The number of hydrogen-bond donors (Lipinski definition) is 0. The Hall–Kier alpha value is -2.56. The van der Waals surface area contributed by atoms with E-state index in [-0.39, 0.29) is 41.1 Å². The van der Waals surface area contributed by atoms with Crippen molar-refractivity contribution in [1.29, 1.82) is 0 Å². The van der Waals surface area contributed by atoms with Gasteiger partial charge in [0.25, 0.3) is 5.69 Å². The lowest BCUT2D eigenvalue weighted by atomic mass is 10.0. The van der Waals surface area contributed by atoms with E-state index < -0.39 is 32.8 Å². The SMILES string of the molecule is CCOC(=O)C[C@H](C(C)C)N(Cc1ccc(Cl)c([N+](=O)[O-])c1)S(=O)(=O)c1ccc(F)cc1. The van der Waals surface area contributed by atoms with Crippen molar-refractivity contribution in [3.63, 3.8) is 0 Å². The highest BCUT2D eigenvalue weighted by Crippen LogP contribution is 2.30. The quantitative estimate of drug-likeness (QED) is 0.277. The van der Waals surface area contributed by atoms with Crippen LogP contribution in [0.3, 0.4) is 0 Å². The van der Waals surface area contributed by atoms with Crippen LogP contribution in [0, 0.1) is 21.8 Å². The van der Waals surface area contributed by atoms with Crippen LogP contribution in [0.1, 0.15) is 32.8 Å². The molecule has 0 saturated carbocycles. The molecule has 11 heteroatoms. The van der Waals surface area contributed by atoms with Crippen LogP contribution >= 0.6 is 11.6 Å². The fourth-order valence-electron chi connectivity index (χ4n) is 3.16. The van der Waals surface area contributed by atoms with Crippen LogP contribution in [0.15, 0.2) is 47.4 Å². The largest absolute Gasteiger partial charge is 0.466 e. The lowest BCUT2D eigenvalue weighted by Crippen LogP contribution is -2.44. The monoisotopic (exact) mass is 486 g/mol. The Morgan fingerprint density at radius 1 is 1.22 bits per heavy atom. The minimum absolute atomic E-state index is 0.0846. The summed E-state index contributed by atoms with van der Waals surface area (Å²) in [5.41, 5.74) is -0.0592. The summed E-state index contributed by atoms with van der Waals surface area (Å²) in [5, 5.41) is 11.2. The Labute approximate surface area is 191 Å². The first-order chi connectivity index (χ1) is 15.0. The molecular weight excluding hydrogens is 463 g/mol. The minimum atomic E-state index is -4.21. The third-order valence-electron chi connectivity index (χ3n) is 4.79. The number of nitro benzene ring substituents is 1. The van der Waals surface area contributed by atoms with Gasteiger partial charge in [-0.3, -0.25) is 14.9 Å². The molecule has 0 aromatic heterocycles. The van der Waals surface area contributed by atoms with Crippen molar-refractivity contribution in [2.45, 2.75) is 44.7 Å². The molecule has 0 spiro atoms. The highest BCUT2D eigenvalue weighted by Gasteiger charge is 2.35. The molecule has 2 aromatic carbocycles. The number of sulfonamides is 1. The molecule has 8 nitrogen and oxygen atoms in total. The number of ether oxygens (including phenoxy) is 1. The van der Waals surface area contributed by atoms with Crippen molar-refractivity contribution in [3.05, 3.63) is 69.0 Å². The first kappa shape index (κ1) is 25.7. The molecule has 0 bridgehead atoms. The van der Waals surface area contributed by atoms with Crippen molar-refractivity contribution in [2.24, 2.45) is 5.92 Å². The van der Waals surface area contributed by atoms with Crippen molar-refractivity contribution < 1.29 is 27.3 Å². The number of benzene rings is 2. The van der Waals surface area contributed by atoms with Gasteiger partial charge in [0, 0.05) is 18.7 Å². The van der Waals surface area contributed by atoms with Crippen molar-refractivity contribution >= 4 is 33.3 Å². The van der Waals surface area contributed by atoms with Gasteiger partial charge in [0.05, 0.1) is 22.8 Å². The van der Waals surface area contributed by atoms with Gasteiger partial charge in [0.1, 0.15) is 10.8 Å². The standard InChI is InChI=1S/C21H24ClFN2O6S/c1-4-31-21(26)12-19(14(2)3)24(32(29,30)17-8-6-16(23)7-9-17)13-15-5-10-18(22)20(11-15)25(27)28/h5-11,14,19H,4,12-13H2,1-3H3/t19-/m1/s1. The molecule has 0 aliphatic heterocycles. The fraction of sp³-hybridized carbons (Fsp3) is 0.381. The maximum atomic E-state index is 13.5. The van der Waals surface area contributed by atoms with Gasteiger partial charge >= 0.3 is 5.97 Å². The topological polar surface area (TPSA) is 107 Å². The zero-order valence-electron chi connectivity index (χ0n) is 17.8. The first-order valence-corrected chi connectivity index (χ1v) is 11.6. The molecule has 32 heavy (non-hydrogen) atoms. The van der Waals surface area contributed by atoms with Gasteiger partial charge in [-0.1, -0.05) is 31.5 Å². The molecule has 1 atom stereocenters. The second-order valence-corrected chi connectivity index (χ2v) is 9.67. The molecular formula is C21H24ClFN2O6S.